The quantitative estimate of drug-likeness (QED) is 0.421. The minimum Gasteiger partial charge on any atom is -0.634 e. The molecule has 0 aromatic heterocycles. The largest absolute Gasteiger partial charge is 0.634 e. The first-order chi connectivity index (χ1) is 4.68. The summed E-state index contributed by atoms with van der Waals surface area (Å²) in [6.07, 6.45) is 3.35. The molecule has 2 aliphatic rings. The summed E-state index contributed by atoms with van der Waals surface area (Å²) in [5, 5.41) is 11.4. The normalized spacial score (nSPS) is 53.4. The van der Waals surface area contributed by atoms with Gasteiger partial charge in [-0.25, -0.2) is 0 Å². The molecule has 58 valence electrons. The van der Waals surface area contributed by atoms with Gasteiger partial charge in [-0.1, -0.05) is 0 Å². The lowest BCUT2D eigenvalue weighted by atomic mass is 9.94. The molecule has 1 aliphatic carbocycles. The van der Waals surface area contributed by atoms with E-state index in [1.807, 2.05) is 0 Å². The zero-order valence-corrected chi connectivity index (χ0v) is 6.10. The fourth-order valence-corrected chi connectivity index (χ4v) is 2.39. The minimum atomic E-state index is -0.0833. The van der Waals surface area contributed by atoms with Crippen molar-refractivity contribution in [3.05, 3.63) is 5.21 Å². The van der Waals surface area contributed by atoms with Crippen LogP contribution >= 0.6 is 0 Å². The van der Waals surface area contributed by atoms with Crippen molar-refractivity contribution in [2.45, 2.75) is 24.8 Å². The number of hydroxylamine groups is 2. The lowest BCUT2D eigenvalue weighted by Crippen LogP contribution is -3.11. The Hall–Kier alpha value is -0.120. The Bertz CT molecular complexity index is 151. The van der Waals surface area contributed by atoms with Crippen LogP contribution in [0.2, 0.25) is 0 Å². The Balaban J connectivity index is 2.13. The number of hydrogen-bond donors (Lipinski definition) is 2. The van der Waals surface area contributed by atoms with Crippen LogP contribution in [0.25, 0.3) is 0 Å². The topological polar surface area (TPSA) is 53.5 Å². The minimum absolute atomic E-state index is 0.0833. The van der Waals surface area contributed by atoms with Gasteiger partial charge in [-0.05, 0) is 19.3 Å². The fourth-order valence-electron chi connectivity index (χ4n) is 2.39. The predicted octanol–water partition coefficient (Wildman–Crippen LogP) is -1.12. The number of hydrogen-bond acceptors (Lipinski definition) is 2. The van der Waals surface area contributed by atoms with Gasteiger partial charge in [-0.3, -0.25) is 0 Å². The highest BCUT2D eigenvalue weighted by Gasteiger charge is 2.42. The standard InChI is InChI=1S/C7H14N2O/c8-7-2-1-6(3-7)4-9(10)5-7/h6,9H,1-5,8H2. The lowest BCUT2D eigenvalue weighted by Gasteiger charge is -2.36. The van der Waals surface area contributed by atoms with E-state index in [1.165, 1.54) is 6.42 Å². The Morgan fingerprint density at radius 2 is 2.40 bits per heavy atom. The highest BCUT2D eigenvalue weighted by atomic mass is 16.5. The van der Waals surface area contributed by atoms with E-state index in [0.717, 1.165) is 19.4 Å². The van der Waals surface area contributed by atoms with Gasteiger partial charge < -0.3 is 16.0 Å². The molecular formula is C7H14N2O. The van der Waals surface area contributed by atoms with Crippen molar-refractivity contribution in [1.29, 1.82) is 0 Å². The van der Waals surface area contributed by atoms with E-state index in [1.54, 1.807) is 0 Å². The van der Waals surface area contributed by atoms with Gasteiger partial charge in [-0.15, -0.1) is 0 Å². The summed E-state index contributed by atoms with van der Waals surface area (Å²) in [7, 11) is 0. The molecule has 2 bridgehead atoms. The van der Waals surface area contributed by atoms with E-state index in [4.69, 9.17) is 5.73 Å². The third kappa shape index (κ3) is 0.944. The molecule has 3 atom stereocenters. The van der Waals surface area contributed by atoms with Crippen LogP contribution in [0.1, 0.15) is 19.3 Å². The second-order valence-corrected chi connectivity index (χ2v) is 3.89. The van der Waals surface area contributed by atoms with E-state index in [-0.39, 0.29) is 5.54 Å². The molecule has 0 aromatic rings. The van der Waals surface area contributed by atoms with Crippen LogP contribution in [0.15, 0.2) is 0 Å². The molecule has 0 amide bonds. The van der Waals surface area contributed by atoms with Crippen molar-refractivity contribution < 1.29 is 5.06 Å². The number of fused-ring (bicyclic) bond motifs is 2. The molecule has 0 spiro atoms. The zero-order valence-electron chi connectivity index (χ0n) is 6.10. The molecule has 2 rings (SSSR count). The second kappa shape index (κ2) is 1.94. The molecular weight excluding hydrogens is 128 g/mol. The number of nitrogens with one attached hydrogen (secondary N) is 1. The van der Waals surface area contributed by atoms with E-state index in [2.05, 4.69) is 0 Å². The molecule has 3 heteroatoms. The number of rotatable bonds is 0. The van der Waals surface area contributed by atoms with Gasteiger partial charge in [0.05, 0.1) is 18.6 Å². The molecule has 10 heavy (non-hydrogen) atoms. The smallest absolute Gasteiger partial charge is 0.0951 e. The maximum absolute atomic E-state index is 11.0. The van der Waals surface area contributed by atoms with Crippen LogP contribution in [0.4, 0.5) is 0 Å². The maximum atomic E-state index is 11.0. The number of piperidine rings is 1. The highest BCUT2D eigenvalue weighted by molar-refractivity contribution is 4.95. The van der Waals surface area contributed by atoms with Gasteiger partial charge in [0, 0.05) is 5.92 Å². The molecule has 1 heterocycles. The van der Waals surface area contributed by atoms with Crippen LogP contribution in [0, 0.1) is 11.1 Å². The molecule has 1 saturated carbocycles. The Morgan fingerprint density at radius 1 is 1.60 bits per heavy atom. The van der Waals surface area contributed by atoms with E-state index in [9.17, 15) is 5.21 Å². The summed E-state index contributed by atoms with van der Waals surface area (Å²) in [4.78, 5) is 0. The van der Waals surface area contributed by atoms with E-state index < -0.39 is 0 Å². The van der Waals surface area contributed by atoms with Gasteiger partial charge in [0.1, 0.15) is 0 Å². The summed E-state index contributed by atoms with van der Waals surface area (Å²) in [6, 6.07) is 0. The molecule has 2 fully saturated rings. The molecule has 3 unspecified atom stereocenters. The van der Waals surface area contributed by atoms with Crippen LogP contribution in [0.3, 0.4) is 0 Å². The van der Waals surface area contributed by atoms with Crippen molar-refractivity contribution in [1.82, 2.24) is 0 Å². The summed E-state index contributed by atoms with van der Waals surface area (Å²) in [5.41, 5.74) is 5.89. The van der Waals surface area contributed by atoms with Gasteiger partial charge in [0.25, 0.3) is 0 Å². The summed E-state index contributed by atoms with van der Waals surface area (Å²) >= 11 is 0. The summed E-state index contributed by atoms with van der Waals surface area (Å²) < 4.78 is 0. The first-order valence-corrected chi connectivity index (χ1v) is 3.99. The predicted molar refractivity (Wildman–Crippen MR) is 38.3 cm³/mol. The number of nitrogens with two attached hydrogens (primary N) is 1. The average Bonchev–Trinajstić information content (AvgIpc) is 2.06. The average molecular weight is 142 g/mol. The van der Waals surface area contributed by atoms with Crippen molar-refractivity contribution >= 4 is 0 Å². The molecule has 3 N–H and O–H groups in total. The first kappa shape index (κ1) is 6.58. The summed E-state index contributed by atoms with van der Waals surface area (Å²) in [6.45, 7) is 1.45. The van der Waals surface area contributed by atoms with Gasteiger partial charge >= 0.3 is 0 Å². The van der Waals surface area contributed by atoms with Crippen molar-refractivity contribution in [2.24, 2.45) is 11.7 Å². The third-order valence-electron chi connectivity index (χ3n) is 2.81. The van der Waals surface area contributed by atoms with Crippen LogP contribution in [0.5, 0.6) is 0 Å². The van der Waals surface area contributed by atoms with Crippen LogP contribution in [-0.4, -0.2) is 18.6 Å². The first-order valence-electron chi connectivity index (χ1n) is 3.99. The molecule has 1 saturated heterocycles. The van der Waals surface area contributed by atoms with E-state index >= 15 is 0 Å². The van der Waals surface area contributed by atoms with Crippen molar-refractivity contribution in [2.75, 3.05) is 13.1 Å². The zero-order chi connectivity index (χ0) is 7.19. The highest BCUT2D eigenvalue weighted by Crippen LogP contribution is 2.32. The fraction of sp³-hybridized carbons (Fsp3) is 1.00. The van der Waals surface area contributed by atoms with Crippen molar-refractivity contribution in [3.8, 4) is 0 Å². The van der Waals surface area contributed by atoms with Crippen LogP contribution < -0.4 is 10.8 Å². The number of quaternary nitrogens is 1. The molecule has 0 aromatic carbocycles. The van der Waals surface area contributed by atoms with Crippen LogP contribution in [-0.2, 0) is 0 Å². The Kier molecular flexibility index (Phi) is 1.27. The lowest BCUT2D eigenvalue weighted by molar-refractivity contribution is -0.860. The second-order valence-electron chi connectivity index (χ2n) is 3.89. The maximum Gasteiger partial charge on any atom is 0.0951 e. The monoisotopic (exact) mass is 142 g/mol. The Morgan fingerprint density at radius 3 is 3.10 bits per heavy atom. The third-order valence-corrected chi connectivity index (χ3v) is 2.81. The molecule has 1 aliphatic heterocycles. The molecule has 3 nitrogen and oxygen atoms in total. The SMILES string of the molecule is NC12CCC(C[NH+]([O-])C1)C2. The molecule has 0 radical (unpaired) electrons. The van der Waals surface area contributed by atoms with E-state index in [0.29, 0.717) is 17.5 Å². The summed E-state index contributed by atoms with van der Waals surface area (Å²) in [5.74, 6) is 0.631. The Labute approximate surface area is 60.8 Å². The van der Waals surface area contributed by atoms with Gasteiger partial charge in [0.2, 0.25) is 0 Å². The van der Waals surface area contributed by atoms with Gasteiger partial charge in [0.15, 0.2) is 0 Å². The van der Waals surface area contributed by atoms with Crippen molar-refractivity contribution in [3.63, 3.8) is 0 Å². The van der Waals surface area contributed by atoms with Gasteiger partial charge in [-0.2, -0.15) is 0 Å².